The lowest BCUT2D eigenvalue weighted by molar-refractivity contribution is -0.125. The van der Waals surface area contributed by atoms with Crippen molar-refractivity contribution >= 4 is 27.2 Å². The Hall–Kier alpha value is -2.04. The fraction of sp³-hybridized carbons (Fsp3) is 0.500. The van der Waals surface area contributed by atoms with Gasteiger partial charge in [0.2, 0.25) is 0 Å². The fourth-order valence-electron chi connectivity index (χ4n) is 5.65. The van der Waals surface area contributed by atoms with Crippen LogP contribution in [-0.2, 0) is 4.79 Å². The second-order valence-corrected chi connectivity index (χ2v) is 10.8. The summed E-state index contributed by atoms with van der Waals surface area (Å²) in [5, 5.41) is 1.38. The topological polar surface area (TPSA) is 33.2 Å². The Labute approximate surface area is 195 Å². The third-order valence-electron chi connectivity index (χ3n) is 7.56. The van der Waals surface area contributed by atoms with Crippen LogP contribution in [0.1, 0.15) is 73.8 Å². The molecule has 32 heavy (non-hydrogen) atoms. The average Bonchev–Trinajstić information content (AvgIpc) is 3.30. The predicted octanol–water partition coefficient (Wildman–Crippen LogP) is 6.80. The molecule has 1 unspecified atom stereocenters. The molecule has 1 atom stereocenters. The zero-order chi connectivity index (χ0) is 21.8. The molecule has 1 aliphatic carbocycles. The average molecular weight is 447 g/mol. The van der Waals surface area contributed by atoms with E-state index in [0.29, 0.717) is 11.7 Å². The largest absolute Gasteiger partial charge is 0.303 e. The Morgan fingerprint density at radius 2 is 1.78 bits per heavy atom. The summed E-state index contributed by atoms with van der Waals surface area (Å²) < 4.78 is 1.41. The molecule has 1 saturated heterocycles. The van der Waals surface area contributed by atoms with Crippen LogP contribution in [-0.4, -0.2) is 35.3 Å². The maximum atomic E-state index is 13.4. The molecule has 4 heteroatoms. The first-order valence-electron chi connectivity index (χ1n) is 12.4. The van der Waals surface area contributed by atoms with Gasteiger partial charge in [-0.2, -0.15) is 0 Å². The van der Waals surface area contributed by atoms with Crippen LogP contribution in [0.5, 0.6) is 0 Å². The van der Waals surface area contributed by atoms with Crippen molar-refractivity contribution in [3.8, 4) is 0 Å². The first kappa shape index (κ1) is 21.8. The zero-order valence-electron chi connectivity index (χ0n) is 18.9. The Bertz CT molecular complexity index is 983. The van der Waals surface area contributed by atoms with Gasteiger partial charge < -0.3 is 4.90 Å². The molecule has 2 aliphatic rings. The third kappa shape index (κ3) is 4.97. The Balaban J connectivity index is 1.20. The third-order valence-corrected chi connectivity index (χ3v) is 8.84. The number of fused-ring (bicyclic) bond motifs is 1. The highest BCUT2D eigenvalue weighted by atomic mass is 32.1. The van der Waals surface area contributed by atoms with E-state index in [1.165, 1.54) is 42.2 Å². The number of carbonyl (C=O) groups excluding carboxylic acids is 1. The number of likely N-dealkylation sites (tertiary alicyclic amines) is 1. The van der Waals surface area contributed by atoms with Crippen LogP contribution in [0.25, 0.3) is 10.1 Å². The quantitative estimate of drug-likeness (QED) is 0.400. The maximum Gasteiger partial charge on any atom is 0.145 e. The van der Waals surface area contributed by atoms with Crippen molar-refractivity contribution in [3.05, 3.63) is 65.3 Å². The number of piperidine rings is 1. The molecule has 0 radical (unpaired) electrons. The van der Waals surface area contributed by atoms with Crippen LogP contribution < -0.4 is 0 Å². The Morgan fingerprint density at radius 3 is 2.53 bits per heavy atom. The molecule has 3 heterocycles. The van der Waals surface area contributed by atoms with Crippen molar-refractivity contribution in [2.45, 2.75) is 63.2 Å². The molecular weight excluding hydrogens is 412 g/mol. The fourth-order valence-corrected chi connectivity index (χ4v) is 6.88. The van der Waals surface area contributed by atoms with Crippen molar-refractivity contribution in [2.75, 3.05) is 19.6 Å². The highest BCUT2D eigenvalue weighted by molar-refractivity contribution is 7.19. The van der Waals surface area contributed by atoms with Gasteiger partial charge >= 0.3 is 0 Å². The summed E-state index contributed by atoms with van der Waals surface area (Å²) in [5.41, 5.74) is 0.975. The van der Waals surface area contributed by atoms with Gasteiger partial charge in [-0.1, -0.05) is 43.5 Å². The molecule has 1 saturated carbocycles. The number of Topliss-reactive ketones (excluding diaryl/α,β-unsaturated/α-hetero) is 1. The van der Waals surface area contributed by atoms with Gasteiger partial charge in [-0.3, -0.25) is 9.78 Å². The molecular formula is C28H34N2OS. The summed E-state index contributed by atoms with van der Waals surface area (Å²) >= 11 is 1.97. The van der Waals surface area contributed by atoms with E-state index >= 15 is 0 Å². The number of rotatable bonds is 7. The van der Waals surface area contributed by atoms with E-state index in [0.717, 1.165) is 44.6 Å². The van der Waals surface area contributed by atoms with E-state index in [1.54, 1.807) is 4.88 Å². The number of carbonyl (C=O) groups is 1. The highest BCUT2D eigenvalue weighted by Gasteiger charge is 2.31. The minimum atomic E-state index is -0.0420. The zero-order valence-corrected chi connectivity index (χ0v) is 19.7. The van der Waals surface area contributed by atoms with E-state index in [2.05, 4.69) is 46.3 Å². The molecule has 2 aromatic heterocycles. The van der Waals surface area contributed by atoms with Crippen molar-refractivity contribution < 1.29 is 4.79 Å². The van der Waals surface area contributed by atoms with Gasteiger partial charge in [0.15, 0.2) is 0 Å². The monoisotopic (exact) mass is 446 g/mol. The predicted molar refractivity (Wildman–Crippen MR) is 133 cm³/mol. The number of aromatic nitrogens is 1. The van der Waals surface area contributed by atoms with Gasteiger partial charge in [0.05, 0.1) is 11.6 Å². The van der Waals surface area contributed by atoms with Crippen LogP contribution >= 0.6 is 11.3 Å². The molecule has 3 nitrogen and oxygen atoms in total. The molecule has 0 spiro atoms. The van der Waals surface area contributed by atoms with Crippen LogP contribution in [0.15, 0.2) is 54.7 Å². The smallest absolute Gasteiger partial charge is 0.145 e. The van der Waals surface area contributed by atoms with Crippen molar-refractivity contribution in [1.82, 2.24) is 9.88 Å². The normalized spacial score (nSPS) is 19.9. The van der Waals surface area contributed by atoms with Crippen LogP contribution in [0.3, 0.4) is 0 Å². The van der Waals surface area contributed by atoms with Crippen LogP contribution in [0.4, 0.5) is 0 Å². The summed E-state index contributed by atoms with van der Waals surface area (Å²) in [5.74, 6) is 1.33. The van der Waals surface area contributed by atoms with E-state index in [9.17, 15) is 4.79 Å². The number of hydrogen-bond donors (Lipinski definition) is 0. The number of thiophene rings is 1. The summed E-state index contributed by atoms with van der Waals surface area (Å²) in [6, 6.07) is 17.2. The van der Waals surface area contributed by atoms with Crippen molar-refractivity contribution in [2.24, 2.45) is 5.92 Å². The van der Waals surface area contributed by atoms with E-state index in [4.69, 9.17) is 0 Å². The summed E-state index contributed by atoms with van der Waals surface area (Å²) in [7, 11) is 0. The lowest BCUT2D eigenvalue weighted by atomic mass is 9.79. The molecule has 0 N–H and O–H groups in total. The first-order valence-corrected chi connectivity index (χ1v) is 13.2. The molecule has 2 fully saturated rings. The van der Waals surface area contributed by atoms with E-state index < -0.39 is 0 Å². The summed E-state index contributed by atoms with van der Waals surface area (Å²) in [4.78, 5) is 22.2. The molecule has 5 rings (SSSR count). The van der Waals surface area contributed by atoms with Crippen LogP contribution in [0, 0.1) is 5.92 Å². The first-order chi connectivity index (χ1) is 15.8. The second-order valence-electron chi connectivity index (χ2n) is 9.64. The second kappa shape index (κ2) is 10.3. The minimum Gasteiger partial charge on any atom is -0.303 e. The van der Waals surface area contributed by atoms with E-state index in [-0.39, 0.29) is 11.8 Å². The lowest BCUT2D eigenvalue weighted by Gasteiger charge is -2.33. The van der Waals surface area contributed by atoms with Gasteiger partial charge in [-0.25, -0.2) is 0 Å². The molecule has 1 aromatic carbocycles. The molecule has 0 bridgehead atoms. The molecule has 1 aliphatic heterocycles. The van der Waals surface area contributed by atoms with Gasteiger partial charge in [0.1, 0.15) is 5.78 Å². The molecule has 168 valence electrons. The van der Waals surface area contributed by atoms with E-state index in [1.807, 2.05) is 29.7 Å². The Kier molecular flexibility index (Phi) is 6.99. The van der Waals surface area contributed by atoms with Crippen LogP contribution in [0.2, 0.25) is 0 Å². The number of nitrogens with zero attached hydrogens (tertiary/aromatic N) is 2. The number of hydrogen-bond acceptors (Lipinski definition) is 4. The van der Waals surface area contributed by atoms with Crippen molar-refractivity contribution in [1.29, 1.82) is 0 Å². The lowest BCUT2D eigenvalue weighted by Crippen LogP contribution is -2.35. The number of pyridine rings is 1. The number of benzene rings is 1. The minimum absolute atomic E-state index is 0.0420. The highest BCUT2D eigenvalue weighted by Crippen LogP contribution is 2.37. The summed E-state index contributed by atoms with van der Waals surface area (Å²) in [6.45, 7) is 3.26. The molecule has 3 aromatic rings. The Morgan fingerprint density at radius 1 is 1.00 bits per heavy atom. The number of ketones is 1. The SMILES string of the molecule is O=C(C1CCCCC1)C(CCN1CCC(c2cc3ccccc3s2)CC1)c1ccccn1. The molecule has 0 amide bonds. The van der Waals surface area contributed by atoms with Gasteiger partial charge in [0, 0.05) is 21.7 Å². The van der Waals surface area contributed by atoms with Gasteiger partial charge in [-0.15, -0.1) is 11.3 Å². The summed E-state index contributed by atoms with van der Waals surface area (Å²) in [6.07, 6.45) is 11.0. The van der Waals surface area contributed by atoms with Gasteiger partial charge in [0.25, 0.3) is 0 Å². The maximum absolute atomic E-state index is 13.4. The van der Waals surface area contributed by atoms with Crippen molar-refractivity contribution in [3.63, 3.8) is 0 Å². The standard InChI is InChI=1S/C28H34N2OS/c31-28(22-8-2-1-3-9-22)24(25-11-6-7-16-29-25)15-19-30-17-13-21(14-18-30)27-20-23-10-4-5-12-26(23)32-27/h4-7,10-12,16,20-22,24H,1-3,8-9,13-15,17-19H2. The van der Waals surface area contributed by atoms with Gasteiger partial charge in [-0.05, 0) is 87.3 Å².